The Labute approximate surface area is 143 Å². The van der Waals surface area contributed by atoms with Crippen LogP contribution in [-0.4, -0.2) is 29.1 Å². The zero-order valence-corrected chi connectivity index (χ0v) is 13.8. The molecule has 0 saturated heterocycles. The van der Waals surface area contributed by atoms with Crippen molar-refractivity contribution >= 4 is 34.4 Å². The molecule has 1 aliphatic rings. The number of aliphatic imine (C=N–C) groups is 1. The first-order valence-corrected chi connectivity index (χ1v) is 8.49. The van der Waals surface area contributed by atoms with E-state index in [0.717, 1.165) is 5.56 Å². The van der Waals surface area contributed by atoms with E-state index >= 15 is 0 Å². The van der Waals surface area contributed by atoms with Crippen molar-refractivity contribution in [3.63, 3.8) is 0 Å². The lowest BCUT2D eigenvalue weighted by Crippen LogP contribution is -2.33. The molecule has 0 radical (unpaired) electrons. The average Bonchev–Trinajstić information content (AvgIpc) is 3.01. The molecule has 0 saturated carbocycles. The monoisotopic (exact) mass is 348 g/mol. The summed E-state index contributed by atoms with van der Waals surface area (Å²) in [4.78, 5) is 18.6. The van der Waals surface area contributed by atoms with E-state index in [9.17, 15) is 9.18 Å². The van der Waals surface area contributed by atoms with Gasteiger partial charge in [-0.1, -0.05) is 47.6 Å². The molecule has 0 N–H and O–H groups in total. The van der Waals surface area contributed by atoms with E-state index < -0.39 is 0 Å². The molecule has 1 heterocycles. The smallest absolute Gasteiger partial charge is 0.261 e. The Morgan fingerprint density at radius 2 is 2.09 bits per heavy atom. The Kier molecular flexibility index (Phi) is 4.98. The van der Waals surface area contributed by atoms with Gasteiger partial charge in [-0.15, -0.1) is 0 Å². The first-order chi connectivity index (χ1) is 11.1. The van der Waals surface area contributed by atoms with E-state index in [1.54, 1.807) is 35.2 Å². The predicted molar refractivity (Wildman–Crippen MR) is 92.5 cm³/mol. The van der Waals surface area contributed by atoms with Gasteiger partial charge in [0.15, 0.2) is 5.17 Å². The van der Waals surface area contributed by atoms with E-state index in [-0.39, 0.29) is 11.7 Å². The molecule has 1 amide bonds. The van der Waals surface area contributed by atoms with Gasteiger partial charge in [0.25, 0.3) is 5.91 Å². The van der Waals surface area contributed by atoms with Gasteiger partial charge in [-0.25, -0.2) is 4.39 Å². The van der Waals surface area contributed by atoms with Gasteiger partial charge in [-0.3, -0.25) is 14.7 Å². The predicted octanol–water partition coefficient (Wildman–Crippen LogP) is 4.22. The normalized spacial score (nSPS) is 14.0. The third-order valence-corrected chi connectivity index (χ3v) is 4.82. The number of hydrogen-bond acceptors (Lipinski definition) is 3. The highest BCUT2D eigenvalue weighted by atomic mass is 35.5. The van der Waals surface area contributed by atoms with Gasteiger partial charge in [0.05, 0.1) is 17.1 Å². The van der Waals surface area contributed by atoms with Crippen molar-refractivity contribution in [3.8, 4) is 0 Å². The summed E-state index contributed by atoms with van der Waals surface area (Å²) < 4.78 is 13.2. The van der Waals surface area contributed by atoms with Gasteiger partial charge >= 0.3 is 0 Å². The summed E-state index contributed by atoms with van der Waals surface area (Å²) in [5, 5.41) is 1.08. The van der Waals surface area contributed by atoms with Crippen LogP contribution in [0.4, 0.5) is 4.39 Å². The minimum absolute atomic E-state index is 0.154. The minimum atomic E-state index is -0.263. The first-order valence-electron chi connectivity index (χ1n) is 7.13. The standard InChI is InChI=1S/C17H14ClFN2OS/c18-15-7-2-1-6-14(15)16(22)21-9-8-20-17(21)23-11-12-4-3-5-13(19)10-12/h1-7,10H,8-9,11H2. The van der Waals surface area contributed by atoms with Crippen LogP contribution in [0.15, 0.2) is 53.5 Å². The number of benzene rings is 2. The molecule has 23 heavy (non-hydrogen) atoms. The Hall–Kier alpha value is -1.85. The maximum absolute atomic E-state index is 13.2. The number of hydrogen-bond donors (Lipinski definition) is 0. The SMILES string of the molecule is O=C(c1ccccc1Cl)N1CCN=C1SCc1cccc(F)c1. The Bertz CT molecular complexity index is 766. The van der Waals surface area contributed by atoms with Gasteiger partial charge in [0, 0.05) is 12.3 Å². The van der Waals surface area contributed by atoms with Crippen molar-refractivity contribution < 1.29 is 9.18 Å². The lowest BCUT2D eigenvalue weighted by Gasteiger charge is -2.18. The fraction of sp³-hybridized carbons (Fsp3) is 0.176. The quantitative estimate of drug-likeness (QED) is 0.831. The highest BCUT2D eigenvalue weighted by Crippen LogP contribution is 2.24. The molecule has 0 aliphatic carbocycles. The van der Waals surface area contributed by atoms with Crippen molar-refractivity contribution in [2.24, 2.45) is 4.99 Å². The number of carbonyl (C=O) groups is 1. The van der Waals surface area contributed by atoms with E-state index in [2.05, 4.69) is 4.99 Å². The second kappa shape index (κ2) is 7.15. The van der Waals surface area contributed by atoms with Gasteiger partial charge in [-0.05, 0) is 29.8 Å². The molecule has 118 valence electrons. The lowest BCUT2D eigenvalue weighted by molar-refractivity contribution is 0.0861. The zero-order chi connectivity index (χ0) is 16.2. The number of carbonyl (C=O) groups excluding carboxylic acids is 1. The van der Waals surface area contributed by atoms with Crippen molar-refractivity contribution in [2.75, 3.05) is 13.1 Å². The molecular formula is C17H14ClFN2OS. The van der Waals surface area contributed by atoms with Crippen molar-refractivity contribution in [2.45, 2.75) is 5.75 Å². The number of halogens is 2. The van der Waals surface area contributed by atoms with Crippen molar-refractivity contribution in [3.05, 3.63) is 70.5 Å². The number of amides is 1. The molecule has 3 rings (SSSR count). The fourth-order valence-electron chi connectivity index (χ4n) is 2.29. The summed E-state index contributed by atoms with van der Waals surface area (Å²) in [5.41, 5.74) is 1.32. The second-order valence-corrected chi connectivity index (χ2v) is 6.37. The highest BCUT2D eigenvalue weighted by molar-refractivity contribution is 8.13. The molecular weight excluding hydrogens is 335 g/mol. The molecule has 0 fully saturated rings. The highest BCUT2D eigenvalue weighted by Gasteiger charge is 2.26. The average molecular weight is 349 g/mol. The maximum Gasteiger partial charge on any atom is 0.261 e. The van der Waals surface area contributed by atoms with Crippen LogP contribution >= 0.6 is 23.4 Å². The maximum atomic E-state index is 13.2. The van der Waals surface area contributed by atoms with Gasteiger partial charge in [0.1, 0.15) is 5.82 Å². The summed E-state index contributed by atoms with van der Waals surface area (Å²) in [6, 6.07) is 13.4. The van der Waals surface area contributed by atoms with Gasteiger partial charge in [-0.2, -0.15) is 0 Å². The third kappa shape index (κ3) is 3.74. The summed E-state index contributed by atoms with van der Waals surface area (Å²) in [6.07, 6.45) is 0. The summed E-state index contributed by atoms with van der Waals surface area (Å²) >= 11 is 7.53. The molecule has 2 aromatic carbocycles. The Morgan fingerprint density at radius 1 is 1.26 bits per heavy atom. The van der Waals surface area contributed by atoms with E-state index in [0.29, 0.717) is 34.6 Å². The fourth-order valence-corrected chi connectivity index (χ4v) is 3.50. The van der Waals surface area contributed by atoms with E-state index in [1.807, 2.05) is 6.07 Å². The topological polar surface area (TPSA) is 32.7 Å². The van der Waals surface area contributed by atoms with Crippen LogP contribution in [0, 0.1) is 5.82 Å². The second-order valence-electron chi connectivity index (χ2n) is 5.02. The molecule has 1 aliphatic heterocycles. The van der Waals surface area contributed by atoms with Gasteiger partial charge < -0.3 is 0 Å². The van der Waals surface area contributed by atoms with Gasteiger partial charge in [0.2, 0.25) is 0 Å². The van der Waals surface area contributed by atoms with Crippen molar-refractivity contribution in [1.29, 1.82) is 0 Å². The lowest BCUT2D eigenvalue weighted by atomic mass is 10.2. The van der Waals surface area contributed by atoms with Crippen LogP contribution in [0.1, 0.15) is 15.9 Å². The Balaban J connectivity index is 1.70. The number of amidine groups is 1. The molecule has 3 nitrogen and oxygen atoms in total. The zero-order valence-electron chi connectivity index (χ0n) is 12.2. The molecule has 0 unspecified atom stereocenters. The molecule has 2 aromatic rings. The first kappa shape index (κ1) is 16.0. The molecule has 0 aromatic heterocycles. The third-order valence-electron chi connectivity index (χ3n) is 3.41. The van der Waals surface area contributed by atoms with E-state index in [1.165, 1.54) is 23.9 Å². The van der Waals surface area contributed by atoms with Crippen LogP contribution in [0.25, 0.3) is 0 Å². The molecule has 6 heteroatoms. The number of rotatable bonds is 3. The van der Waals surface area contributed by atoms with Crippen LogP contribution in [0.2, 0.25) is 5.02 Å². The minimum Gasteiger partial charge on any atom is -0.286 e. The Morgan fingerprint density at radius 3 is 2.87 bits per heavy atom. The summed E-state index contributed by atoms with van der Waals surface area (Å²) in [6.45, 7) is 1.11. The van der Waals surface area contributed by atoms with Crippen LogP contribution in [0.3, 0.4) is 0 Å². The van der Waals surface area contributed by atoms with Crippen LogP contribution < -0.4 is 0 Å². The summed E-state index contributed by atoms with van der Waals surface area (Å²) in [5.74, 6) is 0.141. The molecule has 0 bridgehead atoms. The number of thioether (sulfide) groups is 1. The van der Waals surface area contributed by atoms with Crippen molar-refractivity contribution in [1.82, 2.24) is 4.90 Å². The van der Waals surface area contributed by atoms with Crippen LogP contribution in [-0.2, 0) is 5.75 Å². The molecule has 0 spiro atoms. The molecule has 0 atom stereocenters. The van der Waals surface area contributed by atoms with Crippen LogP contribution in [0.5, 0.6) is 0 Å². The largest absolute Gasteiger partial charge is 0.286 e. The van der Waals surface area contributed by atoms with E-state index in [4.69, 9.17) is 11.6 Å². The summed E-state index contributed by atoms with van der Waals surface area (Å²) in [7, 11) is 0. The number of nitrogens with zero attached hydrogens (tertiary/aromatic N) is 2.